The molecule has 0 aliphatic heterocycles. The van der Waals surface area contributed by atoms with E-state index < -0.39 is 24.3 Å². The van der Waals surface area contributed by atoms with Gasteiger partial charge in [-0.15, -0.1) is 22.7 Å². The van der Waals surface area contributed by atoms with Gasteiger partial charge in [-0.3, -0.25) is 9.59 Å². The van der Waals surface area contributed by atoms with Crippen molar-refractivity contribution in [3.63, 3.8) is 0 Å². The number of carbonyl (C=O) groups is 2. The minimum absolute atomic E-state index is 0.00566. The Labute approximate surface area is 151 Å². The molecule has 0 aliphatic carbocycles. The van der Waals surface area contributed by atoms with Crippen LogP contribution in [-0.2, 0) is 20.7 Å². The molecule has 3 aromatic rings. The Kier molecular flexibility index (Phi) is 5.52. The Balaban J connectivity index is 1.46. The number of benzene rings is 1. The first-order valence-electron chi connectivity index (χ1n) is 7.29. The largest absolute Gasteiger partial charge is 0.455 e. The van der Waals surface area contributed by atoms with Crippen molar-refractivity contribution in [2.45, 2.75) is 6.42 Å². The highest BCUT2D eigenvalue weighted by Gasteiger charge is 2.12. The molecular weight excluding hydrogens is 363 g/mol. The Morgan fingerprint density at radius 2 is 1.96 bits per heavy atom. The number of thiophene rings is 1. The fourth-order valence-corrected chi connectivity index (χ4v) is 3.61. The molecule has 0 spiro atoms. The monoisotopic (exact) mass is 376 g/mol. The molecule has 0 fully saturated rings. The predicted octanol–water partition coefficient (Wildman–Crippen LogP) is 3.74. The van der Waals surface area contributed by atoms with Crippen molar-refractivity contribution in [1.29, 1.82) is 0 Å². The molecule has 2 heterocycles. The number of esters is 1. The number of carbonyl (C=O) groups excluding carboxylic acids is 2. The van der Waals surface area contributed by atoms with Gasteiger partial charge in [0.15, 0.2) is 6.61 Å². The molecule has 0 unspecified atom stereocenters. The predicted molar refractivity (Wildman–Crippen MR) is 95.1 cm³/mol. The molecule has 25 heavy (non-hydrogen) atoms. The standard InChI is InChI=1S/C17H13FN2O3S2/c18-11-3-5-12(6-4-11)19-15(21)9-23-16(22)8-13-10-25-17(20-13)14-2-1-7-24-14/h1-7,10H,8-9H2,(H,19,21). The summed E-state index contributed by atoms with van der Waals surface area (Å²) in [6.07, 6.45) is 0.00566. The second-order valence-electron chi connectivity index (χ2n) is 5.01. The molecule has 1 amide bonds. The summed E-state index contributed by atoms with van der Waals surface area (Å²) in [7, 11) is 0. The van der Waals surface area contributed by atoms with Gasteiger partial charge < -0.3 is 10.1 Å². The molecule has 0 bridgehead atoms. The summed E-state index contributed by atoms with van der Waals surface area (Å²) in [6, 6.07) is 9.22. The van der Waals surface area contributed by atoms with Crippen LogP contribution in [0, 0.1) is 5.82 Å². The molecule has 0 saturated heterocycles. The van der Waals surface area contributed by atoms with Gasteiger partial charge in [-0.1, -0.05) is 6.07 Å². The van der Waals surface area contributed by atoms with Crippen molar-refractivity contribution >= 4 is 40.2 Å². The van der Waals surface area contributed by atoms with E-state index in [0.29, 0.717) is 11.4 Å². The second-order valence-corrected chi connectivity index (χ2v) is 6.82. The maximum Gasteiger partial charge on any atom is 0.312 e. The Hall–Kier alpha value is -2.58. The fourth-order valence-electron chi connectivity index (χ4n) is 1.98. The first-order valence-corrected chi connectivity index (χ1v) is 9.05. The summed E-state index contributed by atoms with van der Waals surface area (Å²) in [4.78, 5) is 29.0. The van der Waals surface area contributed by atoms with Crippen molar-refractivity contribution < 1.29 is 18.7 Å². The molecule has 0 atom stereocenters. The second kappa shape index (κ2) is 8.00. The zero-order valence-corrected chi connectivity index (χ0v) is 14.5. The average Bonchev–Trinajstić information content (AvgIpc) is 3.26. The Morgan fingerprint density at radius 3 is 2.68 bits per heavy atom. The first kappa shape index (κ1) is 17.2. The van der Waals surface area contributed by atoms with Crippen LogP contribution in [0.1, 0.15) is 5.69 Å². The van der Waals surface area contributed by atoms with Gasteiger partial charge in [0, 0.05) is 11.1 Å². The van der Waals surface area contributed by atoms with Crippen LogP contribution in [0.4, 0.5) is 10.1 Å². The van der Waals surface area contributed by atoms with E-state index in [0.717, 1.165) is 9.88 Å². The SMILES string of the molecule is O=C(COC(=O)Cc1csc(-c2cccs2)n1)Nc1ccc(F)cc1. The van der Waals surface area contributed by atoms with Gasteiger partial charge in [0.05, 0.1) is 17.0 Å². The lowest BCUT2D eigenvalue weighted by molar-refractivity contribution is -0.146. The third kappa shape index (κ3) is 4.94. The van der Waals surface area contributed by atoms with E-state index >= 15 is 0 Å². The lowest BCUT2D eigenvalue weighted by Gasteiger charge is -2.06. The number of amides is 1. The van der Waals surface area contributed by atoms with Gasteiger partial charge in [-0.2, -0.15) is 0 Å². The molecule has 2 aromatic heterocycles. The number of nitrogens with one attached hydrogen (secondary N) is 1. The third-order valence-electron chi connectivity index (χ3n) is 3.10. The number of ether oxygens (including phenoxy) is 1. The van der Waals surface area contributed by atoms with Crippen LogP contribution >= 0.6 is 22.7 Å². The van der Waals surface area contributed by atoms with Gasteiger partial charge in [-0.25, -0.2) is 9.37 Å². The van der Waals surface area contributed by atoms with Crippen LogP contribution in [-0.4, -0.2) is 23.5 Å². The van der Waals surface area contributed by atoms with Crippen LogP contribution in [0.25, 0.3) is 9.88 Å². The third-order valence-corrected chi connectivity index (χ3v) is 5.03. The number of aromatic nitrogens is 1. The highest BCUT2D eigenvalue weighted by molar-refractivity contribution is 7.20. The summed E-state index contributed by atoms with van der Waals surface area (Å²) in [5.74, 6) is -1.41. The van der Waals surface area contributed by atoms with E-state index in [2.05, 4.69) is 10.3 Å². The fraction of sp³-hybridized carbons (Fsp3) is 0.118. The van der Waals surface area contributed by atoms with Gasteiger partial charge in [0.2, 0.25) is 0 Å². The number of thiazole rings is 1. The van der Waals surface area contributed by atoms with Crippen molar-refractivity contribution in [2.24, 2.45) is 0 Å². The normalized spacial score (nSPS) is 10.4. The number of nitrogens with zero attached hydrogens (tertiary/aromatic N) is 1. The highest BCUT2D eigenvalue weighted by atomic mass is 32.1. The first-order chi connectivity index (χ1) is 12.1. The number of hydrogen-bond acceptors (Lipinski definition) is 6. The smallest absolute Gasteiger partial charge is 0.312 e. The molecule has 8 heteroatoms. The number of hydrogen-bond donors (Lipinski definition) is 1. The van der Waals surface area contributed by atoms with E-state index in [9.17, 15) is 14.0 Å². The maximum absolute atomic E-state index is 12.8. The summed E-state index contributed by atoms with van der Waals surface area (Å²) >= 11 is 3.04. The summed E-state index contributed by atoms with van der Waals surface area (Å²) < 4.78 is 17.7. The van der Waals surface area contributed by atoms with Crippen molar-refractivity contribution in [3.8, 4) is 9.88 Å². The lowest BCUT2D eigenvalue weighted by atomic mass is 10.3. The number of rotatable bonds is 6. The van der Waals surface area contributed by atoms with Crippen LogP contribution in [0.3, 0.4) is 0 Å². The molecule has 5 nitrogen and oxygen atoms in total. The topological polar surface area (TPSA) is 68.3 Å². The van der Waals surface area contributed by atoms with Crippen LogP contribution in [0.15, 0.2) is 47.2 Å². The Bertz CT molecular complexity index is 860. The Morgan fingerprint density at radius 1 is 1.16 bits per heavy atom. The quantitative estimate of drug-likeness (QED) is 0.666. The molecule has 0 radical (unpaired) electrons. The van der Waals surface area contributed by atoms with Crippen LogP contribution < -0.4 is 5.32 Å². The van der Waals surface area contributed by atoms with E-state index in [1.54, 1.807) is 16.7 Å². The molecular formula is C17H13FN2O3S2. The van der Waals surface area contributed by atoms with Crippen molar-refractivity contribution in [3.05, 3.63) is 58.7 Å². The zero-order valence-electron chi connectivity index (χ0n) is 12.9. The molecule has 0 saturated carbocycles. The molecule has 3 rings (SSSR count). The van der Waals surface area contributed by atoms with Crippen LogP contribution in [0.2, 0.25) is 0 Å². The van der Waals surface area contributed by atoms with Gasteiger partial charge >= 0.3 is 5.97 Å². The zero-order chi connectivity index (χ0) is 17.6. The summed E-state index contributed by atoms with van der Waals surface area (Å²) in [5, 5.41) is 7.13. The van der Waals surface area contributed by atoms with Gasteiger partial charge in [0.25, 0.3) is 5.91 Å². The van der Waals surface area contributed by atoms with E-state index in [1.165, 1.54) is 35.6 Å². The molecule has 128 valence electrons. The number of anilines is 1. The van der Waals surface area contributed by atoms with Crippen molar-refractivity contribution in [1.82, 2.24) is 4.98 Å². The number of halogens is 1. The van der Waals surface area contributed by atoms with Crippen molar-refractivity contribution in [2.75, 3.05) is 11.9 Å². The minimum Gasteiger partial charge on any atom is -0.455 e. The lowest BCUT2D eigenvalue weighted by Crippen LogP contribution is -2.21. The highest BCUT2D eigenvalue weighted by Crippen LogP contribution is 2.27. The van der Waals surface area contributed by atoms with E-state index in [4.69, 9.17) is 4.74 Å². The van der Waals surface area contributed by atoms with Gasteiger partial charge in [0.1, 0.15) is 10.8 Å². The molecule has 0 aliphatic rings. The summed E-state index contributed by atoms with van der Waals surface area (Å²) in [6.45, 7) is -0.405. The maximum atomic E-state index is 12.8. The summed E-state index contributed by atoms with van der Waals surface area (Å²) in [5.41, 5.74) is 1.04. The van der Waals surface area contributed by atoms with E-state index in [1.807, 2.05) is 17.5 Å². The minimum atomic E-state index is -0.530. The average molecular weight is 376 g/mol. The molecule has 1 N–H and O–H groups in total. The van der Waals surface area contributed by atoms with Gasteiger partial charge in [-0.05, 0) is 35.7 Å². The molecule has 1 aromatic carbocycles. The van der Waals surface area contributed by atoms with E-state index in [-0.39, 0.29) is 6.42 Å². The van der Waals surface area contributed by atoms with Crippen LogP contribution in [0.5, 0.6) is 0 Å².